The van der Waals surface area contributed by atoms with Crippen molar-refractivity contribution in [3.63, 3.8) is 0 Å². The van der Waals surface area contributed by atoms with E-state index in [9.17, 15) is 9.59 Å². The summed E-state index contributed by atoms with van der Waals surface area (Å²) in [6, 6.07) is 5.81. The van der Waals surface area contributed by atoms with Crippen LogP contribution in [-0.2, 0) is 9.47 Å². The van der Waals surface area contributed by atoms with E-state index in [0.29, 0.717) is 23.1 Å². The fourth-order valence-corrected chi connectivity index (χ4v) is 3.78. The van der Waals surface area contributed by atoms with Gasteiger partial charge in [-0.2, -0.15) is 0 Å². The van der Waals surface area contributed by atoms with Crippen molar-refractivity contribution in [2.75, 3.05) is 25.1 Å². The van der Waals surface area contributed by atoms with Crippen molar-refractivity contribution in [2.45, 2.75) is 52.3 Å². The first-order valence-corrected chi connectivity index (χ1v) is 9.47. The van der Waals surface area contributed by atoms with E-state index in [1.54, 1.807) is 11.0 Å². The second-order valence-corrected chi connectivity index (χ2v) is 8.50. The minimum atomic E-state index is -0.505. The lowest BCUT2D eigenvalue weighted by molar-refractivity contribution is 0.0192. The molecule has 6 nitrogen and oxygen atoms in total. The van der Waals surface area contributed by atoms with E-state index < -0.39 is 5.60 Å². The quantitative estimate of drug-likeness (QED) is 0.666. The zero-order valence-electron chi connectivity index (χ0n) is 16.2. The number of amides is 1. The zero-order chi connectivity index (χ0) is 19.6. The van der Waals surface area contributed by atoms with Crippen molar-refractivity contribution in [1.82, 2.24) is 4.90 Å². The molecule has 0 aromatic heterocycles. The molecule has 1 amide bonds. The number of anilines is 1. The molecule has 2 atom stereocenters. The first-order chi connectivity index (χ1) is 12.0. The van der Waals surface area contributed by atoms with Crippen LogP contribution in [0.3, 0.4) is 0 Å². The van der Waals surface area contributed by atoms with Gasteiger partial charge in [-0.25, -0.2) is 9.59 Å². The van der Waals surface area contributed by atoms with Gasteiger partial charge in [-0.05, 0) is 68.7 Å². The molecule has 1 aromatic rings. The fourth-order valence-electron chi connectivity index (χ4n) is 3.25. The van der Waals surface area contributed by atoms with Crippen LogP contribution in [-0.4, -0.2) is 54.8 Å². The van der Waals surface area contributed by atoms with Gasteiger partial charge in [0.25, 0.3) is 0 Å². The van der Waals surface area contributed by atoms with Gasteiger partial charge in [-0.1, -0.05) is 0 Å². The van der Waals surface area contributed by atoms with Crippen LogP contribution in [0.2, 0.25) is 0 Å². The van der Waals surface area contributed by atoms with Crippen molar-refractivity contribution >= 4 is 33.7 Å². The summed E-state index contributed by atoms with van der Waals surface area (Å²) in [6.07, 6.45) is -0.280. The monoisotopic (exact) mass is 426 g/mol. The summed E-state index contributed by atoms with van der Waals surface area (Å²) in [5.41, 5.74) is 0.979. The van der Waals surface area contributed by atoms with E-state index in [1.807, 2.05) is 32.9 Å². The lowest BCUT2D eigenvalue weighted by atomic mass is 10.1. The van der Waals surface area contributed by atoms with Crippen LogP contribution in [0.25, 0.3) is 0 Å². The molecule has 144 valence electrons. The average molecular weight is 427 g/mol. The van der Waals surface area contributed by atoms with Gasteiger partial charge in [0.15, 0.2) is 0 Å². The predicted octanol–water partition coefficient (Wildman–Crippen LogP) is 4.07. The molecule has 1 aliphatic rings. The fraction of sp³-hybridized carbons (Fsp3) is 0.579. The lowest BCUT2D eigenvalue weighted by Gasteiger charge is -2.46. The Balaban J connectivity index is 2.17. The van der Waals surface area contributed by atoms with Gasteiger partial charge in [-0.3, -0.25) is 0 Å². The molecule has 0 spiro atoms. The third-order valence-electron chi connectivity index (χ3n) is 4.23. The first kappa shape index (κ1) is 20.6. The average Bonchev–Trinajstić information content (AvgIpc) is 2.52. The summed E-state index contributed by atoms with van der Waals surface area (Å²) < 4.78 is 11.0. The molecule has 0 radical (unpaired) electrons. The third kappa shape index (κ3) is 4.69. The Hall–Kier alpha value is -1.76. The lowest BCUT2D eigenvalue weighted by Crippen LogP contribution is -2.58. The number of ether oxygens (including phenoxy) is 2. The molecule has 26 heavy (non-hydrogen) atoms. The normalized spacial score (nSPS) is 20.7. The standard InChI is InChI=1S/C19H27BrN2O4/c1-12-10-21(18(24)26-19(3,4)5)11-13(2)22(12)14-7-8-15(16(20)9-14)17(23)25-6/h7-9,12-13H,10-11H2,1-6H3/t12-,13+. The summed E-state index contributed by atoms with van der Waals surface area (Å²) in [5.74, 6) is -0.376. The second-order valence-electron chi connectivity index (χ2n) is 7.65. The Morgan fingerprint density at radius 1 is 1.15 bits per heavy atom. The third-order valence-corrected chi connectivity index (χ3v) is 4.88. The molecule has 1 aromatic carbocycles. The summed E-state index contributed by atoms with van der Waals surface area (Å²) in [6.45, 7) is 10.9. The number of piperazine rings is 1. The summed E-state index contributed by atoms with van der Waals surface area (Å²) in [4.78, 5) is 28.2. The van der Waals surface area contributed by atoms with E-state index in [4.69, 9.17) is 9.47 Å². The number of nitrogens with zero attached hydrogens (tertiary/aromatic N) is 2. The van der Waals surface area contributed by atoms with Crippen molar-refractivity contribution in [3.05, 3.63) is 28.2 Å². The molecular weight excluding hydrogens is 400 g/mol. The van der Waals surface area contributed by atoms with Crippen molar-refractivity contribution in [2.24, 2.45) is 0 Å². The highest BCUT2D eigenvalue weighted by atomic mass is 79.9. The molecule has 1 heterocycles. The van der Waals surface area contributed by atoms with Crippen molar-refractivity contribution in [1.29, 1.82) is 0 Å². The molecule has 2 rings (SSSR count). The number of esters is 1. The Labute approximate surface area is 163 Å². The van der Waals surface area contributed by atoms with Crippen molar-refractivity contribution in [3.8, 4) is 0 Å². The summed E-state index contributed by atoms with van der Waals surface area (Å²) in [7, 11) is 1.36. The number of hydrogen-bond acceptors (Lipinski definition) is 5. The molecule has 1 fully saturated rings. The largest absolute Gasteiger partial charge is 0.465 e. The molecule has 0 bridgehead atoms. The topological polar surface area (TPSA) is 59.1 Å². The smallest absolute Gasteiger partial charge is 0.410 e. The van der Waals surface area contributed by atoms with Gasteiger partial charge in [0.1, 0.15) is 5.60 Å². The number of hydrogen-bond donors (Lipinski definition) is 0. The second kappa shape index (κ2) is 7.86. The molecule has 0 unspecified atom stereocenters. The van der Waals surface area contributed by atoms with E-state index in [1.165, 1.54) is 7.11 Å². The van der Waals surface area contributed by atoms with E-state index >= 15 is 0 Å². The highest BCUT2D eigenvalue weighted by Crippen LogP contribution is 2.30. The van der Waals surface area contributed by atoms with Gasteiger partial charge >= 0.3 is 12.1 Å². The molecule has 1 aliphatic heterocycles. The number of halogens is 1. The van der Waals surface area contributed by atoms with Crippen LogP contribution in [0.4, 0.5) is 10.5 Å². The maximum atomic E-state index is 12.4. The molecule has 0 aliphatic carbocycles. The van der Waals surface area contributed by atoms with Crippen LogP contribution >= 0.6 is 15.9 Å². The van der Waals surface area contributed by atoms with Gasteiger partial charge in [0.05, 0.1) is 12.7 Å². The number of rotatable bonds is 2. The Morgan fingerprint density at radius 2 is 1.73 bits per heavy atom. The van der Waals surface area contributed by atoms with E-state index in [0.717, 1.165) is 5.69 Å². The number of carbonyl (C=O) groups is 2. The minimum absolute atomic E-state index is 0.113. The Kier molecular flexibility index (Phi) is 6.21. The summed E-state index contributed by atoms with van der Waals surface area (Å²) >= 11 is 3.45. The summed E-state index contributed by atoms with van der Waals surface area (Å²) in [5, 5.41) is 0. The Bertz CT molecular complexity index is 675. The highest BCUT2D eigenvalue weighted by Gasteiger charge is 2.34. The van der Waals surface area contributed by atoms with Gasteiger partial charge < -0.3 is 19.3 Å². The van der Waals surface area contributed by atoms with Crippen LogP contribution in [0.15, 0.2) is 22.7 Å². The maximum absolute atomic E-state index is 12.4. The van der Waals surface area contributed by atoms with Crippen LogP contribution in [0.5, 0.6) is 0 Å². The van der Waals surface area contributed by atoms with Gasteiger partial charge in [0.2, 0.25) is 0 Å². The highest BCUT2D eigenvalue weighted by molar-refractivity contribution is 9.10. The maximum Gasteiger partial charge on any atom is 0.410 e. The predicted molar refractivity (Wildman–Crippen MR) is 105 cm³/mol. The molecule has 1 saturated heterocycles. The van der Waals surface area contributed by atoms with Crippen LogP contribution in [0.1, 0.15) is 45.0 Å². The van der Waals surface area contributed by atoms with Crippen molar-refractivity contribution < 1.29 is 19.1 Å². The number of carbonyl (C=O) groups excluding carboxylic acids is 2. The van der Waals surface area contributed by atoms with Crippen LogP contribution < -0.4 is 4.90 Å². The van der Waals surface area contributed by atoms with Gasteiger partial charge in [-0.15, -0.1) is 0 Å². The van der Waals surface area contributed by atoms with E-state index in [-0.39, 0.29) is 24.1 Å². The molecular formula is C19H27BrN2O4. The number of benzene rings is 1. The minimum Gasteiger partial charge on any atom is -0.465 e. The Morgan fingerprint density at radius 3 is 2.19 bits per heavy atom. The molecule has 7 heteroatoms. The number of methoxy groups -OCH3 is 1. The van der Waals surface area contributed by atoms with Gasteiger partial charge in [0, 0.05) is 35.3 Å². The van der Waals surface area contributed by atoms with E-state index in [2.05, 4.69) is 34.7 Å². The SMILES string of the molecule is COC(=O)c1ccc(N2[C@H](C)CN(C(=O)OC(C)(C)C)C[C@@H]2C)cc1Br. The molecule has 0 N–H and O–H groups in total. The first-order valence-electron chi connectivity index (χ1n) is 8.67. The molecule has 0 saturated carbocycles. The van der Waals surface area contributed by atoms with Crippen LogP contribution in [0, 0.1) is 0 Å². The zero-order valence-corrected chi connectivity index (χ0v) is 17.8.